The molecule has 0 saturated carbocycles. The molecule has 4 rings (SSSR count). The van der Waals surface area contributed by atoms with E-state index in [0.717, 1.165) is 0 Å². The van der Waals surface area contributed by atoms with Crippen LogP contribution in [0.25, 0.3) is 0 Å². The lowest BCUT2D eigenvalue weighted by Crippen LogP contribution is -2.14. The molecule has 0 aliphatic carbocycles. The summed E-state index contributed by atoms with van der Waals surface area (Å²) in [5.41, 5.74) is 2.86. The van der Waals surface area contributed by atoms with Gasteiger partial charge in [-0.25, -0.2) is 0 Å². The SMILES string of the molecule is FP1(F)=NP(F)(C#Cc2ccccc2)=NP(c2ccccc2)(c2ccccc2)=N1. The summed E-state index contributed by atoms with van der Waals surface area (Å²) in [6, 6.07) is 25.6. The number of rotatable bonds is 2. The van der Waals surface area contributed by atoms with Crippen molar-refractivity contribution in [3.05, 3.63) is 96.6 Å². The van der Waals surface area contributed by atoms with Crippen molar-refractivity contribution in [1.82, 2.24) is 0 Å². The first-order chi connectivity index (χ1) is 13.9. The molecule has 1 atom stereocenters. The van der Waals surface area contributed by atoms with Crippen LogP contribution in [0.15, 0.2) is 105 Å². The first-order valence-corrected chi connectivity index (χ1v) is 13.4. The molecule has 9 heteroatoms. The second-order valence-electron chi connectivity index (χ2n) is 6.12. The molecule has 0 spiro atoms. The molecule has 3 nitrogen and oxygen atoms in total. The highest BCUT2D eigenvalue weighted by Crippen LogP contribution is 2.79. The minimum Gasteiger partial charge on any atom is -0.193 e. The monoisotopic (exact) mass is 447 g/mol. The van der Waals surface area contributed by atoms with Crippen molar-refractivity contribution in [2.45, 2.75) is 0 Å². The first kappa shape index (κ1) is 20.0. The van der Waals surface area contributed by atoms with Crippen LogP contribution in [-0.4, -0.2) is 0 Å². The number of halogens is 3. The average Bonchev–Trinajstić information content (AvgIpc) is 2.73. The van der Waals surface area contributed by atoms with Gasteiger partial charge in [-0.05, 0) is 12.1 Å². The third-order valence-electron chi connectivity index (χ3n) is 4.06. The van der Waals surface area contributed by atoms with Crippen LogP contribution in [0, 0.1) is 11.6 Å². The van der Waals surface area contributed by atoms with Gasteiger partial charge in [0, 0.05) is 21.8 Å². The van der Waals surface area contributed by atoms with Crippen molar-refractivity contribution in [1.29, 1.82) is 0 Å². The van der Waals surface area contributed by atoms with Crippen molar-refractivity contribution >= 4 is 33.2 Å². The lowest BCUT2D eigenvalue weighted by Gasteiger charge is -2.26. The molecule has 0 saturated heterocycles. The van der Waals surface area contributed by atoms with E-state index in [0.29, 0.717) is 16.2 Å². The normalized spacial score (nSPS) is 21.5. The molecule has 1 aliphatic heterocycles. The fourth-order valence-corrected chi connectivity index (χ4v) is 11.8. The van der Waals surface area contributed by atoms with Crippen LogP contribution >= 0.6 is 22.5 Å². The predicted octanol–water partition coefficient (Wildman–Crippen LogP) is 7.66. The summed E-state index contributed by atoms with van der Waals surface area (Å²) < 4.78 is 56.5. The molecular formula is C20H15F3N3P3. The molecule has 0 N–H and O–H groups in total. The fraction of sp³-hybridized carbons (Fsp3) is 0. The van der Waals surface area contributed by atoms with E-state index in [9.17, 15) is 8.39 Å². The molecule has 3 aromatic rings. The van der Waals surface area contributed by atoms with Gasteiger partial charge in [-0.2, -0.15) is 13.2 Å². The van der Waals surface area contributed by atoms with Crippen LogP contribution in [0.1, 0.15) is 5.56 Å². The maximum Gasteiger partial charge on any atom is 0.420 e. The van der Waals surface area contributed by atoms with Gasteiger partial charge in [-0.3, -0.25) is 0 Å². The standard InChI is InChI=1S/C20H15F3N3P3/c21-27(17-16-18-10-4-1-5-11-18)24-28(26-29(22,23)25-27,19-12-6-2-7-13-19)20-14-8-3-9-15-20/h1-15H. The zero-order chi connectivity index (χ0) is 20.4. The zero-order valence-corrected chi connectivity index (χ0v) is 17.7. The number of hydrogen-bond acceptors (Lipinski definition) is 3. The maximum atomic E-state index is 15.7. The van der Waals surface area contributed by atoms with Gasteiger partial charge >= 0.3 is 15.3 Å². The molecule has 146 valence electrons. The summed E-state index contributed by atoms with van der Waals surface area (Å²) in [7, 11) is -13.1. The molecule has 29 heavy (non-hydrogen) atoms. The second kappa shape index (κ2) is 7.85. The Kier molecular flexibility index (Phi) is 5.41. The maximum absolute atomic E-state index is 15.7. The summed E-state index contributed by atoms with van der Waals surface area (Å²) in [5, 5.41) is 0.925. The van der Waals surface area contributed by atoms with Gasteiger partial charge in [-0.15, -0.1) is 12.9 Å². The van der Waals surface area contributed by atoms with Gasteiger partial charge < -0.3 is 0 Å². The van der Waals surface area contributed by atoms with Gasteiger partial charge in [-0.1, -0.05) is 84.8 Å². The minimum absolute atomic E-state index is 0.462. The van der Waals surface area contributed by atoms with Crippen molar-refractivity contribution in [2.75, 3.05) is 0 Å². The molecule has 0 aromatic heterocycles. The second-order valence-corrected chi connectivity index (χ2v) is 12.7. The molecule has 0 radical (unpaired) electrons. The van der Waals surface area contributed by atoms with E-state index in [1.807, 2.05) is 0 Å². The molecule has 0 amide bonds. The lowest BCUT2D eigenvalue weighted by molar-refractivity contribution is 0.725. The minimum atomic E-state index is -5.25. The van der Waals surface area contributed by atoms with Crippen LogP contribution in [0.5, 0.6) is 0 Å². The summed E-state index contributed by atoms with van der Waals surface area (Å²) in [4.78, 5) is 0. The van der Waals surface area contributed by atoms with Gasteiger partial charge in [0.15, 0.2) is 0 Å². The van der Waals surface area contributed by atoms with E-state index in [-0.39, 0.29) is 0 Å². The highest BCUT2D eigenvalue weighted by atomic mass is 31.3. The Hall–Kier alpha value is -2.30. The molecular weight excluding hydrogens is 432 g/mol. The summed E-state index contributed by atoms with van der Waals surface area (Å²) in [6.07, 6.45) is 0. The number of benzene rings is 3. The molecule has 0 bridgehead atoms. The molecule has 1 heterocycles. The van der Waals surface area contributed by atoms with Gasteiger partial charge in [0.1, 0.15) is 7.21 Å². The van der Waals surface area contributed by atoms with E-state index in [1.165, 1.54) is 0 Å². The topological polar surface area (TPSA) is 37.1 Å². The highest BCUT2D eigenvalue weighted by Gasteiger charge is 2.39. The van der Waals surface area contributed by atoms with Gasteiger partial charge in [0.05, 0.1) is 0 Å². The van der Waals surface area contributed by atoms with Crippen LogP contribution in [0.3, 0.4) is 0 Å². The Bertz CT molecular complexity index is 1220. The predicted molar refractivity (Wildman–Crippen MR) is 117 cm³/mol. The highest BCUT2D eigenvalue weighted by molar-refractivity contribution is 7.91. The van der Waals surface area contributed by atoms with Crippen molar-refractivity contribution in [3.63, 3.8) is 0 Å². The van der Waals surface area contributed by atoms with Crippen LogP contribution in [0.4, 0.5) is 12.6 Å². The Morgan fingerprint density at radius 2 is 1.07 bits per heavy atom. The van der Waals surface area contributed by atoms with E-state index < -0.39 is 22.5 Å². The van der Waals surface area contributed by atoms with Crippen LogP contribution < -0.4 is 10.6 Å². The Morgan fingerprint density at radius 1 is 0.586 bits per heavy atom. The Balaban J connectivity index is 2.03. The van der Waals surface area contributed by atoms with E-state index in [4.69, 9.17) is 0 Å². The molecule has 3 aromatic carbocycles. The number of hydrogen-bond donors (Lipinski definition) is 0. The van der Waals surface area contributed by atoms with E-state index in [1.54, 1.807) is 91.0 Å². The van der Waals surface area contributed by atoms with Gasteiger partial charge in [0.25, 0.3) is 0 Å². The third kappa shape index (κ3) is 4.34. The number of nitrogens with zero attached hydrogens (tertiary/aromatic N) is 3. The zero-order valence-electron chi connectivity index (χ0n) is 15.0. The molecule has 0 fully saturated rings. The Labute approximate surface area is 167 Å². The lowest BCUT2D eigenvalue weighted by atomic mass is 10.2. The van der Waals surface area contributed by atoms with E-state index >= 15 is 4.20 Å². The van der Waals surface area contributed by atoms with E-state index in [2.05, 4.69) is 25.1 Å². The first-order valence-electron chi connectivity index (χ1n) is 8.61. The Morgan fingerprint density at radius 3 is 1.59 bits per heavy atom. The average molecular weight is 447 g/mol. The van der Waals surface area contributed by atoms with Crippen LogP contribution in [0.2, 0.25) is 0 Å². The van der Waals surface area contributed by atoms with Gasteiger partial charge in [0.2, 0.25) is 0 Å². The summed E-state index contributed by atoms with van der Waals surface area (Å²) in [5.74, 6) is 2.63. The molecule has 1 aliphatic rings. The van der Waals surface area contributed by atoms with Crippen molar-refractivity contribution in [2.24, 2.45) is 13.5 Å². The summed E-state index contributed by atoms with van der Waals surface area (Å²) in [6.45, 7) is 0. The third-order valence-corrected chi connectivity index (χ3v) is 12.2. The summed E-state index contributed by atoms with van der Waals surface area (Å²) >= 11 is 0. The molecule has 1 unspecified atom stereocenters. The smallest absolute Gasteiger partial charge is 0.193 e. The fourth-order valence-electron chi connectivity index (χ4n) is 2.85. The van der Waals surface area contributed by atoms with Crippen LogP contribution in [-0.2, 0) is 0 Å². The van der Waals surface area contributed by atoms with Crippen molar-refractivity contribution < 1.29 is 12.6 Å². The van der Waals surface area contributed by atoms with Crippen molar-refractivity contribution in [3.8, 4) is 11.6 Å². The largest absolute Gasteiger partial charge is 0.420 e. The quantitative estimate of drug-likeness (QED) is 0.286.